The molecule has 3 rings (SSSR count). The second-order valence-electron chi connectivity index (χ2n) is 7.11. The van der Waals surface area contributed by atoms with Crippen LogP contribution in [0.1, 0.15) is 47.1 Å². The van der Waals surface area contributed by atoms with E-state index in [0.29, 0.717) is 53.8 Å². The number of ether oxygens (including phenoxy) is 4. The SMILES string of the molecule is CCOc1ccc(C(=O)Oc2ccc(/C=N\NC(=O)c3ccccc3OCC)cc2OCC)cc1. The van der Waals surface area contributed by atoms with Gasteiger partial charge in [-0.1, -0.05) is 12.1 Å². The maximum Gasteiger partial charge on any atom is 0.343 e. The molecular formula is C27H28N2O6. The Kier molecular flexibility index (Phi) is 9.24. The number of benzene rings is 3. The average Bonchev–Trinajstić information content (AvgIpc) is 2.87. The summed E-state index contributed by atoms with van der Waals surface area (Å²) in [5.74, 6) is 0.907. The van der Waals surface area contributed by atoms with E-state index >= 15 is 0 Å². The van der Waals surface area contributed by atoms with Gasteiger partial charge in [0.15, 0.2) is 11.5 Å². The van der Waals surface area contributed by atoms with Crippen LogP contribution in [-0.2, 0) is 0 Å². The third-order valence-corrected chi connectivity index (χ3v) is 4.68. The highest BCUT2D eigenvalue weighted by Crippen LogP contribution is 2.29. The highest BCUT2D eigenvalue weighted by molar-refractivity contribution is 5.97. The molecule has 0 aliphatic heterocycles. The number of nitrogens with one attached hydrogen (secondary N) is 1. The van der Waals surface area contributed by atoms with E-state index in [1.807, 2.05) is 20.8 Å². The first-order chi connectivity index (χ1) is 17.0. The van der Waals surface area contributed by atoms with Crippen LogP contribution in [0.2, 0.25) is 0 Å². The Hall–Kier alpha value is -4.33. The van der Waals surface area contributed by atoms with E-state index in [1.165, 1.54) is 6.21 Å². The lowest BCUT2D eigenvalue weighted by Gasteiger charge is -2.12. The Morgan fingerprint density at radius 3 is 2.20 bits per heavy atom. The summed E-state index contributed by atoms with van der Waals surface area (Å²) in [6.07, 6.45) is 1.47. The minimum Gasteiger partial charge on any atom is -0.494 e. The van der Waals surface area contributed by atoms with Crippen molar-refractivity contribution in [1.29, 1.82) is 0 Å². The standard InChI is InChI=1S/C27H28N2O6/c1-4-32-21-14-12-20(13-15-21)27(31)35-24-16-11-19(17-25(24)34-6-3)18-28-29-26(30)22-9-7-8-10-23(22)33-5-2/h7-18H,4-6H2,1-3H3,(H,29,30)/b28-18-. The first-order valence-corrected chi connectivity index (χ1v) is 11.3. The summed E-state index contributed by atoms with van der Waals surface area (Å²) in [4.78, 5) is 25.1. The van der Waals surface area contributed by atoms with E-state index in [0.717, 1.165) is 0 Å². The molecule has 0 saturated heterocycles. The molecule has 0 aliphatic carbocycles. The molecule has 0 aliphatic rings. The maximum atomic E-state index is 12.6. The van der Waals surface area contributed by atoms with Crippen molar-refractivity contribution in [1.82, 2.24) is 5.43 Å². The minimum atomic E-state index is -0.518. The van der Waals surface area contributed by atoms with Crippen LogP contribution < -0.4 is 24.4 Å². The third kappa shape index (κ3) is 7.07. The summed E-state index contributed by atoms with van der Waals surface area (Å²) in [7, 11) is 0. The van der Waals surface area contributed by atoms with Crippen molar-refractivity contribution in [2.45, 2.75) is 20.8 Å². The zero-order chi connectivity index (χ0) is 25.0. The van der Waals surface area contributed by atoms with Gasteiger partial charge in [-0.15, -0.1) is 0 Å². The van der Waals surface area contributed by atoms with E-state index in [9.17, 15) is 9.59 Å². The van der Waals surface area contributed by atoms with E-state index in [1.54, 1.807) is 66.7 Å². The number of amides is 1. The summed E-state index contributed by atoms with van der Waals surface area (Å²) in [5.41, 5.74) is 3.91. The zero-order valence-corrected chi connectivity index (χ0v) is 19.9. The Balaban J connectivity index is 1.69. The molecule has 3 aromatic carbocycles. The van der Waals surface area contributed by atoms with Gasteiger partial charge in [-0.3, -0.25) is 4.79 Å². The number of esters is 1. The fraction of sp³-hybridized carbons (Fsp3) is 0.222. The molecule has 0 heterocycles. The van der Waals surface area contributed by atoms with Gasteiger partial charge in [0.05, 0.1) is 37.2 Å². The molecule has 0 aromatic heterocycles. The Morgan fingerprint density at radius 1 is 0.800 bits per heavy atom. The molecule has 35 heavy (non-hydrogen) atoms. The smallest absolute Gasteiger partial charge is 0.343 e. The van der Waals surface area contributed by atoms with Crippen LogP contribution in [0.25, 0.3) is 0 Å². The van der Waals surface area contributed by atoms with Crippen LogP contribution >= 0.6 is 0 Å². The first-order valence-electron chi connectivity index (χ1n) is 11.3. The molecule has 1 amide bonds. The van der Waals surface area contributed by atoms with E-state index in [4.69, 9.17) is 18.9 Å². The first kappa shape index (κ1) is 25.3. The Morgan fingerprint density at radius 2 is 1.49 bits per heavy atom. The van der Waals surface area contributed by atoms with Crippen molar-refractivity contribution in [2.24, 2.45) is 5.10 Å². The van der Waals surface area contributed by atoms with Crippen molar-refractivity contribution in [2.75, 3.05) is 19.8 Å². The van der Waals surface area contributed by atoms with Crippen molar-refractivity contribution < 1.29 is 28.5 Å². The number of rotatable bonds is 11. The number of carbonyl (C=O) groups excluding carboxylic acids is 2. The molecule has 3 aromatic rings. The fourth-order valence-electron chi connectivity index (χ4n) is 3.13. The average molecular weight is 477 g/mol. The third-order valence-electron chi connectivity index (χ3n) is 4.68. The van der Waals surface area contributed by atoms with Gasteiger partial charge >= 0.3 is 5.97 Å². The predicted octanol–water partition coefficient (Wildman–Crippen LogP) is 4.87. The van der Waals surface area contributed by atoms with Crippen LogP contribution in [0.5, 0.6) is 23.0 Å². The van der Waals surface area contributed by atoms with Gasteiger partial charge in [0.25, 0.3) is 5.91 Å². The lowest BCUT2D eigenvalue weighted by atomic mass is 10.2. The molecule has 8 heteroatoms. The van der Waals surface area contributed by atoms with Crippen LogP contribution in [0, 0.1) is 0 Å². The zero-order valence-electron chi connectivity index (χ0n) is 19.9. The number of hydrazone groups is 1. The number of nitrogens with zero attached hydrogens (tertiary/aromatic N) is 1. The van der Waals surface area contributed by atoms with Crippen LogP contribution in [0.4, 0.5) is 0 Å². The Bertz CT molecular complexity index is 1170. The molecule has 0 saturated carbocycles. The summed E-state index contributed by atoms with van der Waals surface area (Å²) in [6, 6.07) is 18.6. The highest BCUT2D eigenvalue weighted by atomic mass is 16.6. The van der Waals surface area contributed by atoms with Crippen LogP contribution in [0.15, 0.2) is 71.8 Å². The molecule has 0 atom stereocenters. The number of carbonyl (C=O) groups is 2. The predicted molar refractivity (Wildman–Crippen MR) is 133 cm³/mol. The van der Waals surface area contributed by atoms with Crippen LogP contribution in [-0.4, -0.2) is 37.9 Å². The number of hydrogen-bond donors (Lipinski definition) is 1. The van der Waals surface area contributed by atoms with Crippen molar-refractivity contribution in [3.63, 3.8) is 0 Å². The maximum absolute atomic E-state index is 12.6. The van der Waals surface area contributed by atoms with E-state index in [-0.39, 0.29) is 5.75 Å². The number of hydrogen-bond acceptors (Lipinski definition) is 7. The normalized spacial score (nSPS) is 10.6. The molecule has 182 valence electrons. The van der Waals surface area contributed by atoms with Gasteiger partial charge < -0.3 is 18.9 Å². The monoisotopic (exact) mass is 476 g/mol. The molecular weight excluding hydrogens is 448 g/mol. The summed E-state index contributed by atoms with van der Waals surface area (Å²) < 4.78 is 22.1. The summed E-state index contributed by atoms with van der Waals surface area (Å²) in [6.45, 7) is 6.93. The fourth-order valence-corrected chi connectivity index (χ4v) is 3.13. The lowest BCUT2D eigenvalue weighted by Crippen LogP contribution is -2.18. The second kappa shape index (κ2) is 12.8. The lowest BCUT2D eigenvalue weighted by molar-refractivity contribution is 0.0728. The van der Waals surface area contributed by atoms with E-state index in [2.05, 4.69) is 10.5 Å². The molecule has 1 N–H and O–H groups in total. The van der Waals surface area contributed by atoms with Gasteiger partial charge in [-0.25, -0.2) is 10.2 Å². The second-order valence-corrected chi connectivity index (χ2v) is 7.11. The molecule has 8 nitrogen and oxygen atoms in total. The summed E-state index contributed by atoms with van der Waals surface area (Å²) in [5, 5.41) is 4.03. The van der Waals surface area contributed by atoms with E-state index < -0.39 is 11.9 Å². The molecule has 0 bridgehead atoms. The molecule has 0 spiro atoms. The molecule has 0 fully saturated rings. The van der Waals surface area contributed by atoms with Crippen molar-refractivity contribution in [3.05, 3.63) is 83.4 Å². The van der Waals surface area contributed by atoms with Gasteiger partial charge in [-0.05, 0) is 80.9 Å². The highest BCUT2D eigenvalue weighted by Gasteiger charge is 2.14. The van der Waals surface area contributed by atoms with Crippen molar-refractivity contribution >= 4 is 18.1 Å². The van der Waals surface area contributed by atoms with Crippen molar-refractivity contribution in [3.8, 4) is 23.0 Å². The van der Waals surface area contributed by atoms with Gasteiger partial charge in [0, 0.05) is 0 Å². The molecule has 0 unspecified atom stereocenters. The van der Waals surface area contributed by atoms with Gasteiger partial charge in [-0.2, -0.15) is 5.10 Å². The van der Waals surface area contributed by atoms with Gasteiger partial charge in [0.2, 0.25) is 0 Å². The molecule has 0 radical (unpaired) electrons. The topological polar surface area (TPSA) is 95.5 Å². The number of para-hydroxylation sites is 1. The Labute approximate surface area is 204 Å². The summed E-state index contributed by atoms with van der Waals surface area (Å²) >= 11 is 0. The largest absolute Gasteiger partial charge is 0.494 e. The quantitative estimate of drug-likeness (QED) is 0.184. The van der Waals surface area contributed by atoms with Gasteiger partial charge in [0.1, 0.15) is 11.5 Å². The van der Waals surface area contributed by atoms with Crippen LogP contribution in [0.3, 0.4) is 0 Å². The minimum absolute atomic E-state index is 0.276.